The van der Waals surface area contributed by atoms with Crippen molar-refractivity contribution in [2.75, 3.05) is 19.4 Å². The minimum absolute atomic E-state index is 0.108. The van der Waals surface area contributed by atoms with Crippen LogP contribution in [0.15, 0.2) is 53.0 Å². The third-order valence-corrected chi connectivity index (χ3v) is 4.15. The van der Waals surface area contributed by atoms with Gasteiger partial charge < -0.3 is 10.2 Å². The van der Waals surface area contributed by atoms with Crippen LogP contribution in [-0.4, -0.2) is 30.8 Å². The molecule has 0 saturated heterocycles. The van der Waals surface area contributed by atoms with Crippen molar-refractivity contribution in [3.63, 3.8) is 0 Å². The topological polar surface area (TPSA) is 49.4 Å². The van der Waals surface area contributed by atoms with E-state index >= 15 is 0 Å². The molecule has 4 nitrogen and oxygen atoms in total. The summed E-state index contributed by atoms with van der Waals surface area (Å²) in [6.45, 7) is 0. The zero-order valence-corrected chi connectivity index (χ0v) is 14.8. The first-order chi connectivity index (χ1) is 11.0. The highest BCUT2D eigenvalue weighted by atomic mass is 79.9. The quantitative estimate of drug-likeness (QED) is 0.866. The van der Waals surface area contributed by atoms with Crippen LogP contribution in [0.2, 0.25) is 0 Å². The van der Waals surface area contributed by atoms with E-state index in [0.29, 0.717) is 18.4 Å². The number of halogens is 1. The predicted molar refractivity (Wildman–Crippen MR) is 95.6 cm³/mol. The molecule has 0 unspecified atom stereocenters. The number of carbonyl (C=O) groups is 2. The summed E-state index contributed by atoms with van der Waals surface area (Å²) in [5.74, 6) is -0.0516. The van der Waals surface area contributed by atoms with Gasteiger partial charge in [0.25, 0.3) is 5.91 Å². The Morgan fingerprint density at radius 1 is 1.04 bits per heavy atom. The van der Waals surface area contributed by atoms with E-state index in [1.165, 1.54) is 0 Å². The van der Waals surface area contributed by atoms with Gasteiger partial charge in [0, 0.05) is 30.7 Å². The molecule has 0 fully saturated rings. The summed E-state index contributed by atoms with van der Waals surface area (Å²) in [6.07, 6.45) is 1.17. The molecule has 0 radical (unpaired) electrons. The summed E-state index contributed by atoms with van der Waals surface area (Å²) in [7, 11) is 3.51. The number of nitrogens with zero attached hydrogens (tertiary/aromatic N) is 1. The van der Waals surface area contributed by atoms with E-state index in [0.717, 1.165) is 15.7 Å². The molecule has 0 bridgehead atoms. The molecule has 2 aromatic rings. The lowest BCUT2D eigenvalue weighted by Gasteiger charge is -2.10. The molecule has 0 atom stereocenters. The van der Waals surface area contributed by atoms with Crippen molar-refractivity contribution in [2.45, 2.75) is 12.8 Å². The third-order valence-electron chi connectivity index (χ3n) is 3.46. The highest BCUT2D eigenvalue weighted by Crippen LogP contribution is 2.18. The predicted octanol–water partition coefficient (Wildman–Crippen LogP) is 3.72. The number of aryl methyl sites for hydroxylation is 1. The zero-order chi connectivity index (χ0) is 16.8. The Labute approximate surface area is 144 Å². The monoisotopic (exact) mass is 374 g/mol. The number of amides is 2. The van der Waals surface area contributed by atoms with Crippen LogP contribution >= 0.6 is 15.9 Å². The molecule has 120 valence electrons. The second-order valence-electron chi connectivity index (χ2n) is 5.42. The normalized spacial score (nSPS) is 10.2. The first-order valence-corrected chi connectivity index (χ1v) is 8.11. The molecule has 0 aliphatic rings. The molecule has 0 spiro atoms. The second kappa shape index (κ2) is 7.92. The van der Waals surface area contributed by atoms with E-state index in [1.807, 2.05) is 42.5 Å². The Bertz CT molecular complexity index is 696. The minimum atomic E-state index is -0.159. The summed E-state index contributed by atoms with van der Waals surface area (Å²) in [6, 6.07) is 14.8. The van der Waals surface area contributed by atoms with E-state index in [4.69, 9.17) is 0 Å². The maximum atomic E-state index is 12.2. The molecule has 0 heterocycles. The molecular weight excluding hydrogens is 356 g/mol. The summed E-state index contributed by atoms with van der Waals surface area (Å²) in [5.41, 5.74) is 2.39. The van der Waals surface area contributed by atoms with Gasteiger partial charge in [-0.05, 0) is 52.2 Å². The van der Waals surface area contributed by atoms with Crippen LogP contribution < -0.4 is 5.32 Å². The summed E-state index contributed by atoms with van der Waals surface area (Å²) >= 11 is 3.37. The second-order valence-corrected chi connectivity index (χ2v) is 6.27. The average Bonchev–Trinajstić information content (AvgIpc) is 2.54. The first-order valence-electron chi connectivity index (χ1n) is 7.32. The van der Waals surface area contributed by atoms with Gasteiger partial charge in [-0.2, -0.15) is 0 Å². The molecule has 0 aliphatic carbocycles. The molecule has 0 aromatic heterocycles. The van der Waals surface area contributed by atoms with Gasteiger partial charge in [0.05, 0.1) is 5.56 Å². The zero-order valence-electron chi connectivity index (χ0n) is 13.2. The van der Waals surface area contributed by atoms with Crippen molar-refractivity contribution >= 4 is 33.4 Å². The van der Waals surface area contributed by atoms with Gasteiger partial charge in [0.2, 0.25) is 5.91 Å². The van der Waals surface area contributed by atoms with E-state index in [-0.39, 0.29) is 11.8 Å². The first kappa shape index (κ1) is 17.2. The van der Waals surface area contributed by atoms with Gasteiger partial charge in [-0.3, -0.25) is 9.59 Å². The van der Waals surface area contributed by atoms with Gasteiger partial charge in [-0.1, -0.05) is 24.3 Å². The summed E-state index contributed by atoms with van der Waals surface area (Å²) < 4.78 is 0.760. The minimum Gasteiger partial charge on any atom is -0.349 e. The molecule has 2 rings (SSSR count). The van der Waals surface area contributed by atoms with E-state index in [9.17, 15) is 9.59 Å². The lowest BCUT2D eigenvalue weighted by atomic mass is 10.1. The Hall–Kier alpha value is -2.14. The highest BCUT2D eigenvalue weighted by Gasteiger charge is 2.09. The smallest absolute Gasteiger partial charge is 0.256 e. The highest BCUT2D eigenvalue weighted by molar-refractivity contribution is 9.10. The molecule has 2 aromatic carbocycles. The summed E-state index contributed by atoms with van der Waals surface area (Å²) in [4.78, 5) is 25.4. The number of carbonyl (C=O) groups excluding carboxylic acids is 2. The van der Waals surface area contributed by atoms with E-state index in [2.05, 4.69) is 21.2 Å². The van der Waals surface area contributed by atoms with Gasteiger partial charge in [0.15, 0.2) is 0 Å². The average molecular weight is 375 g/mol. The van der Waals surface area contributed by atoms with Crippen molar-refractivity contribution in [3.05, 3.63) is 64.1 Å². The number of nitrogens with one attached hydrogen (secondary N) is 1. The molecule has 0 aliphatic heterocycles. The fraction of sp³-hybridized carbons (Fsp3) is 0.222. The Morgan fingerprint density at radius 2 is 1.70 bits per heavy atom. The van der Waals surface area contributed by atoms with Crippen LogP contribution in [-0.2, 0) is 11.2 Å². The molecule has 1 N–H and O–H groups in total. The lowest BCUT2D eigenvalue weighted by Crippen LogP contribution is -2.21. The van der Waals surface area contributed by atoms with Gasteiger partial charge in [-0.15, -0.1) is 0 Å². The lowest BCUT2D eigenvalue weighted by molar-refractivity contribution is -0.128. The van der Waals surface area contributed by atoms with Crippen molar-refractivity contribution in [2.24, 2.45) is 0 Å². The standard InChI is InChI=1S/C18H19BrN2O2/c1-21(2)17(22)12-9-13-7-10-14(11-8-13)20-18(23)15-5-3-4-6-16(15)19/h3-8,10-11H,9,12H2,1-2H3,(H,20,23). The van der Waals surface area contributed by atoms with Crippen LogP contribution in [0.5, 0.6) is 0 Å². The largest absolute Gasteiger partial charge is 0.349 e. The van der Waals surface area contributed by atoms with Gasteiger partial charge in [-0.25, -0.2) is 0 Å². The molecule has 5 heteroatoms. The van der Waals surface area contributed by atoms with Crippen molar-refractivity contribution < 1.29 is 9.59 Å². The van der Waals surface area contributed by atoms with E-state index in [1.54, 1.807) is 25.1 Å². The number of rotatable bonds is 5. The molecule has 23 heavy (non-hydrogen) atoms. The van der Waals surface area contributed by atoms with Crippen molar-refractivity contribution in [3.8, 4) is 0 Å². The van der Waals surface area contributed by atoms with Crippen LogP contribution in [0.3, 0.4) is 0 Å². The molecule has 0 saturated carbocycles. The maximum absolute atomic E-state index is 12.2. The Kier molecular flexibility index (Phi) is 5.93. The van der Waals surface area contributed by atoms with Gasteiger partial charge in [0.1, 0.15) is 0 Å². The SMILES string of the molecule is CN(C)C(=O)CCc1ccc(NC(=O)c2ccccc2Br)cc1. The van der Waals surface area contributed by atoms with E-state index < -0.39 is 0 Å². The molecule has 2 amide bonds. The fourth-order valence-electron chi connectivity index (χ4n) is 2.07. The van der Waals surface area contributed by atoms with Crippen LogP contribution in [0, 0.1) is 0 Å². The van der Waals surface area contributed by atoms with Crippen molar-refractivity contribution in [1.82, 2.24) is 4.90 Å². The van der Waals surface area contributed by atoms with Gasteiger partial charge >= 0.3 is 0 Å². The number of anilines is 1. The summed E-state index contributed by atoms with van der Waals surface area (Å²) in [5, 5.41) is 2.87. The van der Waals surface area contributed by atoms with Crippen LogP contribution in [0.1, 0.15) is 22.3 Å². The number of hydrogen-bond donors (Lipinski definition) is 1. The van der Waals surface area contributed by atoms with Crippen molar-refractivity contribution in [1.29, 1.82) is 0 Å². The van der Waals surface area contributed by atoms with Crippen LogP contribution in [0.25, 0.3) is 0 Å². The third kappa shape index (κ3) is 4.93. The maximum Gasteiger partial charge on any atom is 0.256 e. The Morgan fingerprint density at radius 3 is 2.30 bits per heavy atom. The Balaban J connectivity index is 1.96. The van der Waals surface area contributed by atoms with Crippen LogP contribution in [0.4, 0.5) is 5.69 Å². The fourth-order valence-corrected chi connectivity index (χ4v) is 2.54. The molecular formula is C18H19BrN2O2. The number of hydrogen-bond acceptors (Lipinski definition) is 2. The number of benzene rings is 2.